The van der Waals surface area contributed by atoms with Crippen molar-refractivity contribution in [1.82, 2.24) is 9.88 Å². The normalized spacial score (nSPS) is 10.6. The molecule has 3 rings (SSSR count). The highest BCUT2D eigenvalue weighted by atomic mass is 32.1. The number of carbonyl (C=O) groups is 2. The first-order valence-corrected chi connectivity index (χ1v) is 9.09. The van der Waals surface area contributed by atoms with Crippen LogP contribution in [0.25, 0.3) is 0 Å². The third kappa shape index (κ3) is 4.59. The SMILES string of the molecule is Cc1occc1C(=O)Nc1nc(CC(=O)N(C)Cc2ccccc2F)cs1. The Morgan fingerprint density at radius 3 is 2.78 bits per heavy atom. The quantitative estimate of drug-likeness (QED) is 0.701. The van der Waals surface area contributed by atoms with Crippen LogP contribution >= 0.6 is 11.3 Å². The number of aromatic nitrogens is 1. The summed E-state index contributed by atoms with van der Waals surface area (Å²) >= 11 is 1.24. The molecule has 0 unspecified atom stereocenters. The molecule has 6 nitrogen and oxygen atoms in total. The van der Waals surface area contributed by atoms with Crippen LogP contribution in [-0.2, 0) is 17.8 Å². The number of likely N-dealkylation sites (N-methyl/N-ethyl adjacent to an activating group) is 1. The van der Waals surface area contributed by atoms with Crippen molar-refractivity contribution in [1.29, 1.82) is 0 Å². The van der Waals surface area contributed by atoms with Crippen molar-refractivity contribution in [2.75, 3.05) is 12.4 Å². The van der Waals surface area contributed by atoms with Crippen molar-refractivity contribution in [3.63, 3.8) is 0 Å². The zero-order valence-electron chi connectivity index (χ0n) is 14.9. The molecule has 0 spiro atoms. The molecule has 0 saturated heterocycles. The second-order valence-corrected chi connectivity index (χ2v) is 6.86. The Hall–Kier alpha value is -3.00. The number of anilines is 1. The summed E-state index contributed by atoms with van der Waals surface area (Å²) in [6, 6.07) is 7.93. The summed E-state index contributed by atoms with van der Waals surface area (Å²) in [4.78, 5) is 30.2. The lowest BCUT2D eigenvalue weighted by Gasteiger charge is -2.17. The lowest BCUT2D eigenvalue weighted by molar-refractivity contribution is -0.129. The summed E-state index contributed by atoms with van der Waals surface area (Å²) in [5, 5.41) is 4.81. The van der Waals surface area contributed by atoms with Gasteiger partial charge < -0.3 is 9.32 Å². The van der Waals surface area contributed by atoms with E-state index in [1.807, 2.05) is 0 Å². The van der Waals surface area contributed by atoms with Crippen LogP contribution < -0.4 is 5.32 Å². The van der Waals surface area contributed by atoms with Crippen LogP contribution in [0.5, 0.6) is 0 Å². The van der Waals surface area contributed by atoms with Crippen LogP contribution in [0.4, 0.5) is 9.52 Å². The van der Waals surface area contributed by atoms with Crippen LogP contribution in [0.1, 0.15) is 27.4 Å². The summed E-state index contributed by atoms with van der Waals surface area (Å²) in [5.41, 5.74) is 1.44. The molecule has 0 aliphatic heterocycles. The molecule has 27 heavy (non-hydrogen) atoms. The predicted octanol–water partition coefficient (Wildman–Crippen LogP) is 3.64. The molecule has 2 amide bonds. The van der Waals surface area contributed by atoms with Gasteiger partial charge in [-0.2, -0.15) is 0 Å². The molecule has 0 bridgehead atoms. The first kappa shape index (κ1) is 18.8. The lowest BCUT2D eigenvalue weighted by atomic mass is 10.2. The molecule has 1 N–H and O–H groups in total. The molecule has 2 heterocycles. The number of hydrogen-bond donors (Lipinski definition) is 1. The van der Waals surface area contributed by atoms with Crippen LogP contribution in [0.2, 0.25) is 0 Å². The van der Waals surface area contributed by atoms with Gasteiger partial charge in [-0.25, -0.2) is 9.37 Å². The van der Waals surface area contributed by atoms with Gasteiger partial charge in [-0.3, -0.25) is 14.9 Å². The van der Waals surface area contributed by atoms with Gasteiger partial charge in [0.1, 0.15) is 11.6 Å². The molecule has 3 aromatic rings. The van der Waals surface area contributed by atoms with Crippen molar-refractivity contribution in [2.24, 2.45) is 0 Å². The van der Waals surface area contributed by atoms with Crippen LogP contribution in [-0.4, -0.2) is 28.7 Å². The Labute approximate surface area is 159 Å². The van der Waals surface area contributed by atoms with Crippen molar-refractivity contribution in [3.05, 3.63) is 70.4 Å². The second-order valence-electron chi connectivity index (χ2n) is 6.01. The minimum absolute atomic E-state index is 0.0715. The van der Waals surface area contributed by atoms with E-state index in [2.05, 4.69) is 10.3 Å². The maximum atomic E-state index is 13.7. The number of benzene rings is 1. The molecule has 8 heteroatoms. The fourth-order valence-electron chi connectivity index (χ4n) is 2.49. The molecule has 2 aromatic heterocycles. The van der Waals surface area contributed by atoms with E-state index < -0.39 is 0 Å². The number of rotatable bonds is 6. The fraction of sp³-hybridized carbons (Fsp3) is 0.211. The van der Waals surface area contributed by atoms with E-state index in [-0.39, 0.29) is 30.6 Å². The lowest BCUT2D eigenvalue weighted by Crippen LogP contribution is -2.28. The maximum Gasteiger partial charge on any atom is 0.260 e. The Kier molecular flexibility index (Phi) is 5.66. The summed E-state index contributed by atoms with van der Waals surface area (Å²) in [6.45, 7) is 1.88. The van der Waals surface area contributed by atoms with E-state index in [1.54, 1.807) is 43.6 Å². The van der Waals surface area contributed by atoms with E-state index in [4.69, 9.17) is 4.42 Å². The monoisotopic (exact) mass is 387 g/mol. The molecular weight excluding hydrogens is 369 g/mol. The van der Waals surface area contributed by atoms with Crippen LogP contribution in [0.15, 0.2) is 46.4 Å². The fourth-order valence-corrected chi connectivity index (χ4v) is 3.20. The summed E-state index contributed by atoms with van der Waals surface area (Å²) in [6.07, 6.45) is 1.52. The predicted molar refractivity (Wildman–Crippen MR) is 100 cm³/mol. The largest absolute Gasteiger partial charge is 0.469 e. The molecule has 0 fully saturated rings. The number of thiazole rings is 1. The number of amides is 2. The zero-order chi connectivity index (χ0) is 19.4. The topological polar surface area (TPSA) is 75.4 Å². The van der Waals surface area contributed by atoms with E-state index in [0.717, 1.165) is 0 Å². The average molecular weight is 387 g/mol. The Balaban J connectivity index is 1.58. The van der Waals surface area contributed by atoms with Crippen LogP contribution in [0, 0.1) is 12.7 Å². The average Bonchev–Trinajstić information content (AvgIpc) is 3.25. The second kappa shape index (κ2) is 8.13. The summed E-state index contributed by atoms with van der Waals surface area (Å²) in [7, 11) is 1.62. The molecule has 0 aliphatic rings. The van der Waals surface area contributed by atoms with E-state index >= 15 is 0 Å². The van der Waals surface area contributed by atoms with Gasteiger partial charge in [0.25, 0.3) is 5.91 Å². The Morgan fingerprint density at radius 2 is 2.07 bits per heavy atom. The maximum absolute atomic E-state index is 13.7. The van der Waals surface area contributed by atoms with E-state index in [0.29, 0.717) is 27.7 Å². The van der Waals surface area contributed by atoms with Gasteiger partial charge in [0, 0.05) is 24.5 Å². The van der Waals surface area contributed by atoms with Crippen molar-refractivity contribution < 1.29 is 18.4 Å². The molecule has 0 atom stereocenters. The highest BCUT2D eigenvalue weighted by Gasteiger charge is 2.16. The van der Waals surface area contributed by atoms with Gasteiger partial charge >= 0.3 is 0 Å². The number of nitrogens with zero attached hydrogens (tertiary/aromatic N) is 2. The smallest absolute Gasteiger partial charge is 0.260 e. The van der Waals surface area contributed by atoms with Gasteiger partial charge in [-0.05, 0) is 19.1 Å². The highest BCUT2D eigenvalue weighted by molar-refractivity contribution is 7.14. The highest BCUT2D eigenvalue weighted by Crippen LogP contribution is 2.19. The molecule has 0 saturated carbocycles. The molecule has 0 aliphatic carbocycles. The minimum Gasteiger partial charge on any atom is -0.469 e. The number of furan rings is 1. The van der Waals surface area contributed by atoms with E-state index in [9.17, 15) is 14.0 Å². The third-order valence-corrected chi connectivity index (χ3v) is 4.81. The van der Waals surface area contributed by atoms with Gasteiger partial charge in [0.2, 0.25) is 5.91 Å². The zero-order valence-corrected chi connectivity index (χ0v) is 15.7. The van der Waals surface area contributed by atoms with Gasteiger partial charge in [0.15, 0.2) is 5.13 Å². The van der Waals surface area contributed by atoms with Crippen molar-refractivity contribution in [3.8, 4) is 0 Å². The van der Waals surface area contributed by atoms with Crippen LogP contribution in [0.3, 0.4) is 0 Å². The van der Waals surface area contributed by atoms with E-state index in [1.165, 1.54) is 28.6 Å². The first-order valence-electron chi connectivity index (χ1n) is 8.21. The van der Waals surface area contributed by atoms with Gasteiger partial charge in [-0.15, -0.1) is 11.3 Å². The number of nitrogens with one attached hydrogen (secondary N) is 1. The van der Waals surface area contributed by atoms with Gasteiger partial charge in [-0.1, -0.05) is 18.2 Å². The number of carbonyl (C=O) groups excluding carboxylic acids is 2. The number of halogens is 1. The Morgan fingerprint density at radius 1 is 1.30 bits per heavy atom. The number of aryl methyl sites for hydroxylation is 1. The summed E-state index contributed by atoms with van der Waals surface area (Å²) < 4.78 is 18.8. The molecular formula is C19H18FN3O3S. The summed E-state index contributed by atoms with van der Waals surface area (Å²) in [5.74, 6) is -0.322. The molecule has 140 valence electrons. The third-order valence-electron chi connectivity index (χ3n) is 4.00. The minimum atomic E-state index is -0.342. The molecule has 0 radical (unpaired) electrons. The van der Waals surface area contributed by atoms with Gasteiger partial charge in [0.05, 0.1) is 23.9 Å². The molecule has 1 aromatic carbocycles. The Bertz CT molecular complexity index is 967. The van der Waals surface area contributed by atoms with Crippen molar-refractivity contribution >= 4 is 28.3 Å². The number of hydrogen-bond acceptors (Lipinski definition) is 5. The van der Waals surface area contributed by atoms with Crippen molar-refractivity contribution in [2.45, 2.75) is 19.9 Å². The first-order chi connectivity index (χ1) is 12.9. The standard InChI is InChI=1S/C19H18FN3O3S/c1-12-15(7-8-26-12)18(25)22-19-21-14(11-27-19)9-17(24)23(2)10-13-5-3-4-6-16(13)20/h3-8,11H,9-10H2,1-2H3,(H,21,22,25).